The molecule has 1 aromatic carbocycles. The summed E-state index contributed by atoms with van der Waals surface area (Å²) >= 11 is 0. The van der Waals surface area contributed by atoms with Crippen LogP contribution in [0.4, 0.5) is 13.6 Å². The van der Waals surface area contributed by atoms with Gasteiger partial charge in [-0.15, -0.1) is 0 Å². The highest BCUT2D eigenvalue weighted by Crippen LogP contribution is 2.32. The topological polar surface area (TPSA) is 95.7 Å². The molecule has 8 nitrogen and oxygen atoms in total. The highest BCUT2D eigenvalue weighted by molar-refractivity contribution is 5.69. The van der Waals surface area contributed by atoms with Gasteiger partial charge in [0, 0.05) is 29.4 Å². The molecule has 0 saturated carbocycles. The standard InChI is InChI=1S/C28H33F2N5O3/c1-16-11-23(38-15-19-20(29)9-8-10-21(19)30)25-31-17(2)24(34(25)14-16)22-12-18(32-33-22)13-28(6,7)35(26(36)37)27(3,4)5/h8-12,14H,13,15H2,1-7H3,(H,32,33)(H,36,37). The summed E-state index contributed by atoms with van der Waals surface area (Å²) in [5.41, 5.74) is 2.74. The number of imidazole rings is 1. The summed E-state index contributed by atoms with van der Waals surface area (Å²) in [6.07, 6.45) is 1.32. The Morgan fingerprint density at radius 1 is 1.13 bits per heavy atom. The number of carbonyl (C=O) groups is 1. The summed E-state index contributed by atoms with van der Waals surface area (Å²) in [5, 5.41) is 17.4. The van der Waals surface area contributed by atoms with Crippen LogP contribution in [0.3, 0.4) is 0 Å². The van der Waals surface area contributed by atoms with Gasteiger partial charge in [-0.1, -0.05) is 6.07 Å². The molecule has 0 radical (unpaired) electrons. The monoisotopic (exact) mass is 525 g/mol. The Morgan fingerprint density at radius 2 is 1.79 bits per heavy atom. The SMILES string of the molecule is Cc1cc(OCc2c(F)cccc2F)c2nc(C)c(-c3cc(CC(C)(C)N(C(=O)O)C(C)(C)C)[nH]n3)n2c1. The third-order valence-corrected chi connectivity index (χ3v) is 6.40. The van der Waals surface area contributed by atoms with E-state index < -0.39 is 28.8 Å². The number of hydrogen-bond donors (Lipinski definition) is 2. The van der Waals surface area contributed by atoms with Crippen LogP contribution in [0.1, 0.15) is 57.1 Å². The fourth-order valence-electron chi connectivity index (χ4n) is 5.17. The molecule has 0 aliphatic rings. The first-order chi connectivity index (χ1) is 17.7. The lowest BCUT2D eigenvalue weighted by Crippen LogP contribution is -2.57. The molecule has 3 aromatic heterocycles. The number of aryl methyl sites for hydroxylation is 2. The first-order valence-corrected chi connectivity index (χ1v) is 12.3. The number of nitrogens with one attached hydrogen (secondary N) is 1. The number of aromatic nitrogens is 4. The molecule has 4 rings (SSSR count). The molecule has 0 saturated heterocycles. The first-order valence-electron chi connectivity index (χ1n) is 12.3. The number of fused-ring (bicyclic) bond motifs is 1. The van der Waals surface area contributed by atoms with Crippen molar-refractivity contribution in [2.45, 2.75) is 72.6 Å². The smallest absolute Gasteiger partial charge is 0.408 e. The molecule has 2 N–H and O–H groups in total. The van der Waals surface area contributed by atoms with Gasteiger partial charge in [0.1, 0.15) is 23.9 Å². The number of H-pyrrole nitrogens is 1. The number of rotatable bonds is 7. The van der Waals surface area contributed by atoms with Gasteiger partial charge in [0.25, 0.3) is 0 Å². The van der Waals surface area contributed by atoms with Crippen LogP contribution >= 0.6 is 0 Å². The van der Waals surface area contributed by atoms with Crippen molar-refractivity contribution >= 4 is 11.7 Å². The Morgan fingerprint density at radius 3 is 2.39 bits per heavy atom. The summed E-state index contributed by atoms with van der Waals surface area (Å²) in [6.45, 7) is 12.8. The van der Waals surface area contributed by atoms with Crippen molar-refractivity contribution in [1.82, 2.24) is 24.5 Å². The van der Waals surface area contributed by atoms with Gasteiger partial charge < -0.3 is 9.84 Å². The molecule has 0 aliphatic heterocycles. The Hall–Kier alpha value is -3.95. The van der Waals surface area contributed by atoms with Crippen molar-refractivity contribution in [3.05, 3.63) is 70.7 Å². The lowest BCUT2D eigenvalue weighted by Gasteiger charge is -2.45. The van der Waals surface area contributed by atoms with Gasteiger partial charge in [-0.2, -0.15) is 5.10 Å². The van der Waals surface area contributed by atoms with Crippen molar-refractivity contribution in [3.63, 3.8) is 0 Å². The minimum Gasteiger partial charge on any atom is -0.485 e. The van der Waals surface area contributed by atoms with Gasteiger partial charge in [0.2, 0.25) is 0 Å². The summed E-state index contributed by atoms with van der Waals surface area (Å²) in [4.78, 5) is 18.2. The van der Waals surface area contributed by atoms with Crippen molar-refractivity contribution in [3.8, 4) is 17.1 Å². The van der Waals surface area contributed by atoms with Gasteiger partial charge in [-0.05, 0) is 78.3 Å². The van der Waals surface area contributed by atoms with E-state index in [9.17, 15) is 18.7 Å². The predicted molar refractivity (Wildman–Crippen MR) is 140 cm³/mol. The number of amides is 1. The second-order valence-corrected chi connectivity index (χ2v) is 11.2. The number of carboxylic acid groups (broad SMARTS) is 1. The lowest BCUT2D eigenvalue weighted by atomic mass is 9.90. The van der Waals surface area contributed by atoms with Crippen LogP contribution in [0.25, 0.3) is 17.0 Å². The van der Waals surface area contributed by atoms with E-state index in [-0.39, 0.29) is 12.2 Å². The number of nitrogens with zero attached hydrogens (tertiary/aromatic N) is 4. The molecule has 0 bridgehead atoms. The summed E-state index contributed by atoms with van der Waals surface area (Å²) in [5.74, 6) is -0.955. The van der Waals surface area contributed by atoms with Crippen LogP contribution in [0.5, 0.6) is 5.75 Å². The average molecular weight is 526 g/mol. The molecule has 0 aliphatic carbocycles. The van der Waals surface area contributed by atoms with Crippen LogP contribution in [-0.2, 0) is 13.0 Å². The van der Waals surface area contributed by atoms with Gasteiger partial charge >= 0.3 is 6.09 Å². The Labute approximate surface area is 220 Å². The van der Waals surface area contributed by atoms with E-state index in [0.717, 1.165) is 17.0 Å². The molecule has 38 heavy (non-hydrogen) atoms. The Kier molecular flexibility index (Phi) is 6.94. The predicted octanol–water partition coefficient (Wildman–Crippen LogP) is 6.30. The largest absolute Gasteiger partial charge is 0.485 e. The Bertz CT molecular complexity index is 1480. The number of hydrogen-bond acceptors (Lipinski definition) is 4. The fourth-order valence-corrected chi connectivity index (χ4v) is 5.17. The molecule has 10 heteroatoms. The van der Waals surface area contributed by atoms with Gasteiger partial charge in [0.05, 0.1) is 17.0 Å². The molecule has 0 spiro atoms. The molecule has 1 amide bonds. The molecule has 0 fully saturated rings. The number of aromatic amines is 1. The summed E-state index contributed by atoms with van der Waals surface area (Å²) < 4.78 is 36.0. The second kappa shape index (κ2) is 9.74. The minimum atomic E-state index is -0.988. The Balaban J connectivity index is 1.67. The van der Waals surface area contributed by atoms with Crippen LogP contribution in [-0.4, -0.2) is 46.8 Å². The molecule has 202 valence electrons. The normalized spacial score (nSPS) is 12.2. The van der Waals surface area contributed by atoms with Crippen molar-refractivity contribution in [1.29, 1.82) is 0 Å². The van der Waals surface area contributed by atoms with E-state index in [1.54, 1.807) is 6.07 Å². The lowest BCUT2D eigenvalue weighted by molar-refractivity contribution is 0.0330. The number of ether oxygens (including phenoxy) is 1. The van der Waals surface area contributed by atoms with E-state index in [0.29, 0.717) is 29.2 Å². The first kappa shape index (κ1) is 27.1. The fraction of sp³-hybridized carbons (Fsp3) is 0.393. The van der Waals surface area contributed by atoms with Gasteiger partial charge in [-0.3, -0.25) is 14.4 Å². The van der Waals surface area contributed by atoms with Crippen LogP contribution < -0.4 is 4.74 Å². The number of benzene rings is 1. The average Bonchev–Trinajstić information content (AvgIpc) is 3.34. The maximum absolute atomic E-state index is 14.1. The van der Waals surface area contributed by atoms with Crippen molar-refractivity contribution < 1.29 is 23.4 Å². The van der Waals surface area contributed by atoms with Gasteiger partial charge in [-0.25, -0.2) is 18.6 Å². The van der Waals surface area contributed by atoms with E-state index in [4.69, 9.17) is 4.74 Å². The maximum atomic E-state index is 14.1. The molecule has 3 heterocycles. The minimum absolute atomic E-state index is 0.152. The molecule has 0 atom stereocenters. The summed E-state index contributed by atoms with van der Waals surface area (Å²) in [7, 11) is 0. The van der Waals surface area contributed by atoms with Crippen molar-refractivity contribution in [2.24, 2.45) is 0 Å². The zero-order valence-corrected chi connectivity index (χ0v) is 22.7. The second-order valence-electron chi connectivity index (χ2n) is 11.2. The van der Waals surface area contributed by atoms with Crippen LogP contribution in [0.15, 0.2) is 36.5 Å². The number of halogens is 2. The highest BCUT2D eigenvalue weighted by Gasteiger charge is 2.39. The van der Waals surface area contributed by atoms with Gasteiger partial charge in [0.15, 0.2) is 11.4 Å². The van der Waals surface area contributed by atoms with Crippen molar-refractivity contribution in [2.75, 3.05) is 0 Å². The van der Waals surface area contributed by atoms with Crippen LogP contribution in [0, 0.1) is 25.5 Å². The van der Waals surface area contributed by atoms with E-state index >= 15 is 0 Å². The third-order valence-electron chi connectivity index (χ3n) is 6.40. The maximum Gasteiger partial charge on any atom is 0.408 e. The van der Waals surface area contributed by atoms with Crippen LogP contribution in [0.2, 0.25) is 0 Å². The molecular formula is C28H33F2N5O3. The van der Waals surface area contributed by atoms with E-state index in [1.807, 2.05) is 65.1 Å². The van der Waals surface area contributed by atoms with E-state index in [2.05, 4.69) is 15.2 Å². The van der Waals surface area contributed by atoms with E-state index in [1.165, 1.54) is 23.1 Å². The zero-order valence-electron chi connectivity index (χ0n) is 22.7. The molecule has 4 aromatic rings. The quantitative estimate of drug-likeness (QED) is 0.295. The zero-order chi connectivity index (χ0) is 28.0. The summed E-state index contributed by atoms with van der Waals surface area (Å²) in [6, 6.07) is 7.36. The third kappa shape index (κ3) is 5.20. The number of pyridine rings is 1. The molecular weight excluding hydrogens is 492 g/mol. The highest BCUT2D eigenvalue weighted by atomic mass is 19.1. The molecule has 0 unspecified atom stereocenters.